The monoisotopic (exact) mass is 401 g/mol. The molecule has 0 aromatic heterocycles. The number of guanidine groups is 1. The first-order valence-corrected chi connectivity index (χ1v) is 10.8. The van der Waals surface area contributed by atoms with E-state index in [2.05, 4.69) is 33.4 Å². The van der Waals surface area contributed by atoms with Gasteiger partial charge in [-0.2, -0.15) is 0 Å². The summed E-state index contributed by atoms with van der Waals surface area (Å²) in [7, 11) is -2.02. The summed E-state index contributed by atoms with van der Waals surface area (Å²) in [4.78, 5) is 6.06. The molecular weight excluding hydrogens is 377 g/mol. The highest BCUT2D eigenvalue weighted by molar-refractivity contribution is 7.91. The van der Waals surface area contributed by atoms with E-state index in [1.54, 1.807) is 7.05 Å². The molecule has 1 aliphatic rings. The van der Waals surface area contributed by atoms with Gasteiger partial charge in [-0.15, -0.1) is 0 Å². The van der Waals surface area contributed by atoms with E-state index in [4.69, 9.17) is 0 Å². The quantitative estimate of drug-likeness (QED) is 0.618. The highest BCUT2D eigenvalue weighted by atomic mass is 32.2. The Bertz CT molecular complexity index is 972. The largest absolute Gasteiger partial charge is 0.355 e. The van der Waals surface area contributed by atoms with E-state index < -0.39 is 15.7 Å². The number of nitrogens with one attached hydrogen (secondary N) is 1. The molecule has 0 fully saturated rings. The van der Waals surface area contributed by atoms with Crippen LogP contribution in [0.2, 0.25) is 0 Å². The number of hydrogen-bond acceptors (Lipinski definition) is 3. The van der Waals surface area contributed by atoms with Crippen molar-refractivity contribution in [3.8, 4) is 0 Å². The third-order valence-corrected chi connectivity index (χ3v) is 6.43. The molecule has 7 heteroatoms. The number of benzene rings is 2. The van der Waals surface area contributed by atoms with Crippen molar-refractivity contribution in [2.24, 2.45) is 4.99 Å². The molecule has 0 bridgehead atoms. The molecular formula is C21H24FN3O2S. The van der Waals surface area contributed by atoms with Gasteiger partial charge in [-0.05, 0) is 29.7 Å². The van der Waals surface area contributed by atoms with Crippen LogP contribution in [0.25, 0.3) is 5.57 Å². The number of sulfone groups is 1. The molecule has 0 spiro atoms. The Morgan fingerprint density at radius 1 is 1.14 bits per heavy atom. The minimum Gasteiger partial charge on any atom is -0.355 e. The lowest BCUT2D eigenvalue weighted by Gasteiger charge is -2.29. The van der Waals surface area contributed by atoms with E-state index in [1.807, 2.05) is 18.2 Å². The summed E-state index contributed by atoms with van der Waals surface area (Å²) in [6, 6.07) is 15.7. The number of nitrogens with zero attached hydrogens (tertiary/aromatic N) is 2. The van der Waals surface area contributed by atoms with Crippen molar-refractivity contribution in [1.29, 1.82) is 0 Å². The lowest BCUT2D eigenvalue weighted by atomic mass is 10.00. The van der Waals surface area contributed by atoms with Crippen LogP contribution < -0.4 is 5.32 Å². The van der Waals surface area contributed by atoms with Gasteiger partial charge < -0.3 is 10.2 Å². The predicted octanol–water partition coefficient (Wildman–Crippen LogP) is 2.96. The van der Waals surface area contributed by atoms with E-state index in [-0.39, 0.29) is 17.2 Å². The first kappa shape index (κ1) is 20.1. The zero-order chi connectivity index (χ0) is 20.0. The van der Waals surface area contributed by atoms with Gasteiger partial charge >= 0.3 is 0 Å². The van der Waals surface area contributed by atoms with Gasteiger partial charge in [0.1, 0.15) is 10.7 Å². The molecule has 1 heterocycles. The highest BCUT2D eigenvalue weighted by Gasteiger charge is 2.20. The maximum atomic E-state index is 13.8. The smallest absolute Gasteiger partial charge is 0.193 e. The molecule has 0 radical (unpaired) electrons. The Morgan fingerprint density at radius 3 is 2.50 bits per heavy atom. The van der Waals surface area contributed by atoms with Crippen LogP contribution in [0.1, 0.15) is 12.0 Å². The van der Waals surface area contributed by atoms with Crippen LogP contribution in [-0.4, -0.2) is 51.7 Å². The Hall–Kier alpha value is -2.67. The Kier molecular flexibility index (Phi) is 6.46. The van der Waals surface area contributed by atoms with Gasteiger partial charge in [-0.3, -0.25) is 4.99 Å². The fourth-order valence-corrected chi connectivity index (χ4v) is 4.45. The van der Waals surface area contributed by atoms with Crippen LogP contribution in [0.5, 0.6) is 0 Å². The van der Waals surface area contributed by atoms with Crippen molar-refractivity contribution >= 4 is 21.4 Å². The number of halogens is 1. The molecule has 28 heavy (non-hydrogen) atoms. The number of rotatable bonds is 5. The normalized spacial score (nSPS) is 15.3. The van der Waals surface area contributed by atoms with Gasteiger partial charge in [-0.25, -0.2) is 12.8 Å². The fourth-order valence-electron chi connectivity index (χ4n) is 3.21. The third-order valence-electron chi connectivity index (χ3n) is 4.69. The van der Waals surface area contributed by atoms with Gasteiger partial charge in [0.25, 0.3) is 0 Å². The van der Waals surface area contributed by atoms with Gasteiger partial charge in [0.2, 0.25) is 0 Å². The molecule has 0 saturated carbocycles. The summed E-state index contributed by atoms with van der Waals surface area (Å²) in [5.41, 5.74) is 2.52. The number of aliphatic imine (C=N–C) groups is 1. The van der Waals surface area contributed by atoms with E-state index in [0.717, 1.165) is 19.0 Å². The molecule has 0 saturated heterocycles. The van der Waals surface area contributed by atoms with Crippen LogP contribution >= 0.6 is 0 Å². The molecule has 2 aromatic carbocycles. The second kappa shape index (κ2) is 9.01. The summed E-state index contributed by atoms with van der Waals surface area (Å²) >= 11 is 0. The van der Waals surface area contributed by atoms with E-state index in [9.17, 15) is 12.8 Å². The molecule has 0 aliphatic carbocycles. The second-order valence-corrected chi connectivity index (χ2v) is 8.59. The van der Waals surface area contributed by atoms with Crippen molar-refractivity contribution in [2.45, 2.75) is 11.3 Å². The maximum absolute atomic E-state index is 13.8. The third kappa shape index (κ3) is 4.78. The molecule has 0 atom stereocenters. The van der Waals surface area contributed by atoms with Crippen molar-refractivity contribution in [3.63, 3.8) is 0 Å². The summed E-state index contributed by atoms with van der Waals surface area (Å²) in [6.45, 7) is 1.65. The van der Waals surface area contributed by atoms with Gasteiger partial charge in [0.15, 0.2) is 15.8 Å². The summed E-state index contributed by atoms with van der Waals surface area (Å²) in [5.74, 6) is -0.278. The van der Waals surface area contributed by atoms with Gasteiger partial charge in [-0.1, -0.05) is 48.5 Å². The Balaban J connectivity index is 1.57. The van der Waals surface area contributed by atoms with Crippen LogP contribution in [0.3, 0.4) is 0 Å². The molecule has 148 valence electrons. The molecule has 0 amide bonds. The zero-order valence-electron chi connectivity index (χ0n) is 15.8. The average molecular weight is 402 g/mol. The van der Waals surface area contributed by atoms with E-state index in [1.165, 1.54) is 29.3 Å². The Labute approximate surface area is 165 Å². The van der Waals surface area contributed by atoms with Crippen LogP contribution in [0.4, 0.5) is 4.39 Å². The molecule has 1 N–H and O–H groups in total. The molecule has 5 nitrogen and oxygen atoms in total. The van der Waals surface area contributed by atoms with Crippen LogP contribution in [-0.2, 0) is 9.84 Å². The summed E-state index contributed by atoms with van der Waals surface area (Å²) in [6.07, 6.45) is 3.06. The standard InChI is InChI=1S/C21H24FN3O2S/c1-23-21(24-13-16-28(26,27)20-10-6-5-9-19(20)22)25-14-11-18(12-15-25)17-7-3-2-4-8-17/h2-11H,12-16H2,1H3,(H,23,24). The minimum absolute atomic E-state index is 0.162. The van der Waals surface area contributed by atoms with Gasteiger partial charge in [0.05, 0.1) is 5.75 Å². The van der Waals surface area contributed by atoms with Gasteiger partial charge in [0, 0.05) is 26.7 Å². The van der Waals surface area contributed by atoms with E-state index in [0.29, 0.717) is 12.5 Å². The minimum atomic E-state index is -3.69. The molecule has 3 rings (SSSR count). The lowest BCUT2D eigenvalue weighted by Crippen LogP contribution is -2.44. The fraction of sp³-hybridized carbons (Fsp3) is 0.286. The first-order chi connectivity index (χ1) is 13.5. The predicted molar refractivity (Wildman–Crippen MR) is 110 cm³/mol. The number of hydrogen-bond donors (Lipinski definition) is 1. The summed E-state index contributed by atoms with van der Waals surface area (Å²) < 4.78 is 38.5. The highest BCUT2D eigenvalue weighted by Crippen LogP contribution is 2.22. The maximum Gasteiger partial charge on any atom is 0.193 e. The molecule has 0 unspecified atom stereocenters. The second-order valence-electron chi connectivity index (χ2n) is 6.51. The zero-order valence-corrected chi connectivity index (χ0v) is 16.6. The summed E-state index contributed by atoms with van der Waals surface area (Å²) in [5, 5.41) is 3.08. The van der Waals surface area contributed by atoms with Crippen molar-refractivity contribution in [1.82, 2.24) is 10.2 Å². The van der Waals surface area contributed by atoms with Crippen molar-refractivity contribution < 1.29 is 12.8 Å². The lowest BCUT2D eigenvalue weighted by molar-refractivity contribution is 0.441. The van der Waals surface area contributed by atoms with Crippen molar-refractivity contribution in [2.75, 3.05) is 32.4 Å². The average Bonchev–Trinajstić information content (AvgIpc) is 2.72. The van der Waals surface area contributed by atoms with Crippen LogP contribution in [0.15, 0.2) is 70.6 Å². The topological polar surface area (TPSA) is 61.8 Å². The van der Waals surface area contributed by atoms with Crippen molar-refractivity contribution in [3.05, 3.63) is 72.1 Å². The molecule has 1 aliphatic heterocycles. The SMILES string of the molecule is CN=C(NCCS(=O)(=O)c1ccccc1F)N1CC=C(c2ccccc2)CC1. The first-order valence-electron chi connectivity index (χ1n) is 9.18. The van der Waals surface area contributed by atoms with Crippen LogP contribution in [0, 0.1) is 5.82 Å². The van der Waals surface area contributed by atoms with E-state index >= 15 is 0 Å². The Morgan fingerprint density at radius 2 is 1.86 bits per heavy atom. The molecule has 2 aromatic rings.